The van der Waals surface area contributed by atoms with Crippen LogP contribution in [0.5, 0.6) is 5.75 Å². The molecule has 4 heteroatoms. The fourth-order valence-corrected chi connectivity index (χ4v) is 3.02. The quantitative estimate of drug-likeness (QED) is 0.876. The van der Waals surface area contributed by atoms with Crippen LogP contribution in [0.1, 0.15) is 22.2 Å². The van der Waals surface area contributed by atoms with Crippen molar-refractivity contribution < 1.29 is 9.50 Å². The molecule has 0 radical (unpaired) electrons. The maximum atomic E-state index is 13.1. The van der Waals surface area contributed by atoms with Gasteiger partial charge in [-0.2, -0.15) is 0 Å². The third-order valence-electron chi connectivity index (χ3n) is 2.90. The smallest absolute Gasteiger partial charge is 0.127 e. The molecule has 102 valence electrons. The molecule has 19 heavy (non-hydrogen) atoms. The molecule has 2 rings (SSSR count). The second kappa shape index (κ2) is 6.17. The van der Waals surface area contributed by atoms with E-state index in [1.165, 1.54) is 15.8 Å². The van der Waals surface area contributed by atoms with Gasteiger partial charge in [0.05, 0.1) is 0 Å². The Kier molecular flexibility index (Phi) is 4.56. The summed E-state index contributed by atoms with van der Waals surface area (Å²) in [5, 5.41) is 12.7. The zero-order valence-corrected chi connectivity index (χ0v) is 11.9. The summed E-state index contributed by atoms with van der Waals surface area (Å²) in [5.74, 6) is -0.434. The summed E-state index contributed by atoms with van der Waals surface area (Å²) in [6.07, 6.45) is 0.958. The summed E-state index contributed by atoms with van der Waals surface area (Å²) in [5.41, 5.74) is 0.756. The highest BCUT2D eigenvalue weighted by Gasteiger charge is 2.06. The van der Waals surface area contributed by atoms with Gasteiger partial charge in [0.2, 0.25) is 0 Å². The van der Waals surface area contributed by atoms with Gasteiger partial charge < -0.3 is 10.4 Å². The second-order valence-electron chi connectivity index (χ2n) is 4.82. The largest absolute Gasteiger partial charge is 0.508 e. The van der Waals surface area contributed by atoms with Crippen LogP contribution < -0.4 is 5.32 Å². The van der Waals surface area contributed by atoms with Crippen molar-refractivity contribution in [3.8, 4) is 5.75 Å². The first-order chi connectivity index (χ1) is 9.02. The van der Waals surface area contributed by atoms with E-state index in [2.05, 4.69) is 31.3 Å². The van der Waals surface area contributed by atoms with Crippen LogP contribution in [0, 0.1) is 12.7 Å². The fraction of sp³-hybridized carbons (Fsp3) is 0.333. The summed E-state index contributed by atoms with van der Waals surface area (Å²) < 4.78 is 13.1. The molecule has 0 aliphatic carbocycles. The Bertz CT molecular complexity index is 533. The molecule has 0 saturated heterocycles. The lowest BCUT2D eigenvalue weighted by Gasteiger charge is -2.13. The van der Waals surface area contributed by atoms with Crippen molar-refractivity contribution in [2.45, 2.75) is 32.9 Å². The Balaban J connectivity index is 1.87. The number of phenolic OH excluding ortho intramolecular Hbond substituents is 1. The molecule has 2 N–H and O–H groups in total. The van der Waals surface area contributed by atoms with E-state index in [1.54, 1.807) is 17.4 Å². The van der Waals surface area contributed by atoms with Gasteiger partial charge in [-0.05, 0) is 50.1 Å². The topological polar surface area (TPSA) is 32.3 Å². The predicted molar refractivity (Wildman–Crippen MR) is 77.1 cm³/mol. The molecule has 0 bridgehead atoms. The Morgan fingerprint density at radius 3 is 2.74 bits per heavy atom. The third-order valence-corrected chi connectivity index (χ3v) is 3.92. The molecule has 1 unspecified atom stereocenters. The standard InChI is InChI=1S/C15H18FNOS/c1-10(5-15-4-3-11(2)19-15)17-9-12-6-13(16)8-14(18)7-12/h3-4,6-8,10,17-18H,5,9H2,1-2H3. The first-order valence-electron chi connectivity index (χ1n) is 6.30. The highest BCUT2D eigenvalue weighted by atomic mass is 32.1. The highest BCUT2D eigenvalue weighted by molar-refractivity contribution is 7.11. The Morgan fingerprint density at radius 2 is 2.11 bits per heavy atom. The molecule has 2 aromatic rings. The summed E-state index contributed by atoms with van der Waals surface area (Å²) in [7, 11) is 0. The SMILES string of the molecule is Cc1ccc(CC(C)NCc2cc(O)cc(F)c2)s1. The van der Waals surface area contributed by atoms with Crippen molar-refractivity contribution in [2.24, 2.45) is 0 Å². The molecule has 0 amide bonds. The molecule has 0 aliphatic heterocycles. The summed E-state index contributed by atoms with van der Waals surface area (Å²) in [4.78, 5) is 2.66. The van der Waals surface area contributed by atoms with Crippen molar-refractivity contribution in [1.82, 2.24) is 5.32 Å². The van der Waals surface area contributed by atoms with E-state index >= 15 is 0 Å². The van der Waals surface area contributed by atoms with Gasteiger partial charge in [-0.15, -0.1) is 11.3 Å². The van der Waals surface area contributed by atoms with Gasteiger partial charge in [0, 0.05) is 28.4 Å². The number of rotatable bonds is 5. The molecule has 0 saturated carbocycles. The number of hydrogen-bond donors (Lipinski definition) is 2. The third kappa shape index (κ3) is 4.33. The van der Waals surface area contributed by atoms with Gasteiger partial charge in [-0.25, -0.2) is 4.39 Å². The van der Waals surface area contributed by atoms with E-state index in [-0.39, 0.29) is 5.75 Å². The van der Waals surface area contributed by atoms with Crippen molar-refractivity contribution in [3.05, 3.63) is 51.5 Å². The van der Waals surface area contributed by atoms with Crippen molar-refractivity contribution in [3.63, 3.8) is 0 Å². The van der Waals surface area contributed by atoms with Gasteiger partial charge >= 0.3 is 0 Å². The monoisotopic (exact) mass is 279 g/mol. The summed E-state index contributed by atoms with van der Waals surface area (Å²) in [6, 6.07) is 8.71. The molecule has 1 heterocycles. The lowest BCUT2D eigenvalue weighted by molar-refractivity contribution is 0.466. The number of phenols is 1. The zero-order valence-electron chi connectivity index (χ0n) is 11.1. The van der Waals surface area contributed by atoms with Crippen molar-refractivity contribution in [1.29, 1.82) is 0 Å². The molecular formula is C15H18FNOS. The number of halogens is 1. The number of aromatic hydroxyl groups is 1. The average molecular weight is 279 g/mol. The van der Waals surface area contributed by atoms with E-state index in [0.717, 1.165) is 18.1 Å². The molecule has 0 aliphatic rings. The van der Waals surface area contributed by atoms with Crippen LogP contribution in [0.25, 0.3) is 0 Å². The maximum Gasteiger partial charge on any atom is 0.127 e. The van der Waals surface area contributed by atoms with Crippen LogP contribution >= 0.6 is 11.3 Å². The highest BCUT2D eigenvalue weighted by Crippen LogP contribution is 2.17. The first-order valence-corrected chi connectivity index (χ1v) is 7.12. The molecular weight excluding hydrogens is 261 g/mol. The molecule has 1 atom stereocenters. The number of thiophene rings is 1. The normalized spacial score (nSPS) is 12.6. The molecule has 0 spiro atoms. The summed E-state index contributed by atoms with van der Waals surface area (Å²) >= 11 is 1.80. The van der Waals surface area contributed by atoms with Gasteiger partial charge in [-0.1, -0.05) is 0 Å². The van der Waals surface area contributed by atoms with Crippen LogP contribution in [-0.4, -0.2) is 11.1 Å². The van der Waals surface area contributed by atoms with Gasteiger partial charge in [0.1, 0.15) is 11.6 Å². The van der Waals surface area contributed by atoms with Crippen LogP contribution in [-0.2, 0) is 13.0 Å². The van der Waals surface area contributed by atoms with Crippen LogP contribution in [0.15, 0.2) is 30.3 Å². The van der Waals surface area contributed by atoms with E-state index in [4.69, 9.17) is 0 Å². The minimum absolute atomic E-state index is 0.0293. The van der Waals surface area contributed by atoms with E-state index < -0.39 is 5.82 Å². The van der Waals surface area contributed by atoms with Gasteiger partial charge in [-0.3, -0.25) is 0 Å². The fourth-order valence-electron chi connectivity index (χ4n) is 2.00. The second-order valence-corrected chi connectivity index (χ2v) is 6.19. The minimum atomic E-state index is -0.404. The maximum absolute atomic E-state index is 13.1. The minimum Gasteiger partial charge on any atom is -0.508 e. The Labute approximate surface area is 116 Å². The predicted octanol–water partition coefficient (Wildman–Crippen LogP) is 3.62. The van der Waals surface area contributed by atoms with Gasteiger partial charge in [0.25, 0.3) is 0 Å². The number of aryl methyl sites for hydroxylation is 1. The Hall–Kier alpha value is -1.39. The molecule has 2 nitrogen and oxygen atoms in total. The van der Waals surface area contributed by atoms with Crippen molar-refractivity contribution in [2.75, 3.05) is 0 Å². The van der Waals surface area contributed by atoms with E-state index in [9.17, 15) is 9.50 Å². The molecule has 1 aromatic heterocycles. The number of nitrogens with one attached hydrogen (secondary N) is 1. The average Bonchev–Trinajstić information content (AvgIpc) is 2.71. The number of hydrogen-bond acceptors (Lipinski definition) is 3. The molecule has 1 aromatic carbocycles. The van der Waals surface area contributed by atoms with Crippen molar-refractivity contribution >= 4 is 11.3 Å². The first kappa shape index (κ1) is 14.0. The lowest BCUT2D eigenvalue weighted by Crippen LogP contribution is -2.27. The number of benzene rings is 1. The Morgan fingerprint density at radius 1 is 1.32 bits per heavy atom. The van der Waals surface area contributed by atoms with Crippen LogP contribution in [0.2, 0.25) is 0 Å². The van der Waals surface area contributed by atoms with Crippen LogP contribution in [0.4, 0.5) is 4.39 Å². The van der Waals surface area contributed by atoms with Gasteiger partial charge in [0.15, 0.2) is 0 Å². The van der Waals surface area contributed by atoms with Crippen LogP contribution in [0.3, 0.4) is 0 Å². The lowest BCUT2D eigenvalue weighted by atomic mass is 10.1. The summed E-state index contributed by atoms with van der Waals surface area (Å²) in [6.45, 7) is 4.76. The van der Waals surface area contributed by atoms with E-state index in [1.807, 2.05) is 0 Å². The van der Waals surface area contributed by atoms with E-state index in [0.29, 0.717) is 12.6 Å². The molecule has 0 fully saturated rings. The zero-order chi connectivity index (χ0) is 13.8.